The number of hydrogen-bond acceptors (Lipinski definition) is 8. The fourth-order valence-corrected chi connectivity index (χ4v) is 5.20. The minimum atomic E-state index is -0.666. The minimum absolute atomic E-state index is 0.111. The molecule has 4 aromatic rings. The molecule has 0 radical (unpaired) electrons. The lowest BCUT2D eigenvalue weighted by molar-refractivity contribution is -0.138. The van der Waals surface area contributed by atoms with Crippen LogP contribution in [0.5, 0.6) is 17.2 Å². The van der Waals surface area contributed by atoms with Gasteiger partial charge >= 0.3 is 5.97 Å². The number of carbonyl (C=O) groups excluding carboxylic acids is 2. The van der Waals surface area contributed by atoms with E-state index in [0.717, 1.165) is 23.0 Å². The molecule has 8 heteroatoms. The Morgan fingerprint density at radius 2 is 1.88 bits per heavy atom. The summed E-state index contributed by atoms with van der Waals surface area (Å²) in [6, 6.07) is 14.4. The van der Waals surface area contributed by atoms with Gasteiger partial charge in [0.2, 0.25) is 6.79 Å². The Hall–Kier alpha value is -4.98. The number of aryl methyl sites for hydroxylation is 1. The second-order valence-corrected chi connectivity index (χ2v) is 9.64. The molecule has 2 aromatic heterocycles. The largest absolute Gasteiger partial charge is 0.504 e. The summed E-state index contributed by atoms with van der Waals surface area (Å²) in [5.41, 5.74) is 5.14. The molecule has 202 valence electrons. The van der Waals surface area contributed by atoms with Gasteiger partial charge < -0.3 is 28.2 Å². The number of fused-ring (bicyclic) bond motifs is 2. The first-order valence-corrected chi connectivity index (χ1v) is 12.9. The Bertz CT molecular complexity index is 1820. The van der Waals surface area contributed by atoms with E-state index in [9.17, 15) is 14.7 Å². The van der Waals surface area contributed by atoms with E-state index < -0.39 is 11.9 Å². The summed E-state index contributed by atoms with van der Waals surface area (Å²) in [5, 5.41) is 11.5. The van der Waals surface area contributed by atoms with Gasteiger partial charge in [0.25, 0.3) is 0 Å². The third kappa shape index (κ3) is 4.27. The van der Waals surface area contributed by atoms with Crippen LogP contribution >= 0.6 is 0 Å². The zero-order valence-electron chi connectivity index (χ0n) is 22.1. The number of esters is 1. The average Bonchev–Trinajstić information content (AvgIpc) is 3.67. The Balaban J connectivity index is 1.47. The molecule has 0 saturated carbocycles. The van der Waals surface area contributed by atoms with Crippen LogP contribution in [0.15, 0.2) is 68.5 Å². The van der Waals surface area contributed by atoms with Crippen LogP contribution in [0.1, 0.15) is 52.6 Å². The number of carbonyl (C=O) groups is 2. The Kier molecular flexibility index (Phi) is 6.30. The van der Waals surface area contributed by atoms with Gasteiger partial charge in [0.05, 0.1) is 17.7 Å². The van der Waals surface area contributed by atoms with Crippen LogP contribution in [0.2, 0.25) is 0 Å². The maximum atomic E-state index is 13.1. The molecule has 0 amide bonds. The molecule has 1 unspecified atom stereocenters. The SMILES string of the molecule is CCOC(=O)C1=C(C)C=c2oc(=Cc3ccc(-c4cc(C=O)ccc4C)o3)c(O)c2C1c1ccc2c(c1)OCO2. The number of hydrogen-bond donors (Lipinski definition) is 1. The molecule has 0 saturated heterocycles. The van der Waals surface area contributed by atoms with Crippen LogP contribution in [0, 0.1) is 6.92 Å². The van der Waals surface area contributed by atoms with E-state index in [1.54, 1.807) is 55.5 Å². The van der Waals surface area contributed by atoms with Gasteiger partial charge in [0.15, 0.2) is 22.7 Å². The minimum Gasteiger partial charge on any atom is -0.504 e. The smallest absolute Gasteiger partial charge is 0.335 e. The fraction of sp³-hybridized carbons (Fsp3) is 0.188. The number of furan rings is 2. The second kappa shape index (κ2) is 9.96. The highest BCUT2D eigenvalue weighted by Gasteiger charge is 2.35. The van der Waals surface area contributed by atoms with Gasteiger partial charge in [-0.3, -0.25) is 4.79 Å². The summed E-state index contributed by atoms with van der Waals surface area (Å²) in [4.78, 5) is 24.4. The van der Waals surface area contributed by atoms with E-state index in [1.807, 2.05) is 26.0 Å². The maximum Gasteiger partial charge on any atom is 0.335 e. The molecule has 3 heterocycles. The van der Waals surface area contributed by atoms with Crippen molar-refractivity contribution < 1.29 is 37.7 Å². The van der Waals surface area contributed by atoms with Crippen molar-refractivity contribution in [2.75, 3.05) is 13.4 Å². The zero-order valence-corrected chi connectivity index (χ0v) is 22.1. The van der Waals surface area contributed by atoms with Crippen molar-refractivity contribution >= 4 is 24.4 Å². The van der Waals surface area contributed by atoms with Gasteiger partial charge in [-0.25, -0.2) is 4.79 Å². The lowest BCUT2D eigenvalue weighted by Crippen LogP contribution is -2.24. The number of aromatic hydroxyl groups is 1. The molecule has 1 N–H and O–H groups in total. The van der Waals surface area contributed by atoms with E-state index in [0.29, 0.717) is 50.7 Å². The zero-order chi connectivity index (χ0) is 28.0. The summed E-state index contributed by atoms with van der Waals surface area (Å²) >= 11 is 0. The molecule has 0 spiro atoms. The van der Waals surface area contributed by atoms with E-state index >= 15 is 0 Å². The molecule has 0 bridgehead atoms. The van der Waals surface area contributed by atoms with Crippen LogP contribution in [0.4, 0.5) is 0 Å². The molecule has 2 aromatic carbocycles. The number of ether oxygens (including phenoxy) is 3. The van der Waals surface area contributed by atoms with E-state index in [4.69, 9.17) is 23.0 Å². The van der Waals surface area contributed by atoms with E-state index in [1.165, 1.54) is 0 Å². The highest BCUT2D eigenvalue weighted by Crippen LogP contribution is 2.42. The highest BCUT2D eigenvalue weighted by molar-refractivity contribution is 5.95. The summed E-state index contributed by atoms with van der Waals surface area (Å²) < 4.78 is 28.6. The molecule has 40 heavy (non-hydrogen) atoms. The Labute approximate surface area is 229 Å². The molecule has 1 aliphatic heterocycles. The molecule has 1 aliphatic carbocycles. The van der Waals surface area contributed by atoms with Crippen molar-refractivity contribution in [3.05, 3.63) is 98.5 Å². The molecule has 0 fully saturated rings. The number of benzene rings is 2. The summed E-state index contributed by atoms with van der Waals surface area (Å²) in [6.07, 6.45) is 4.11. The monoisotopic (exact) mass is 538 g/mol. The normalized spacial score (nSPS) is 16.1. The standard InChI is InChI=1S/C32H26O8/c1-4-36-32(35)28-18(3)11-26-30(29(28)20-7-9-24-25(13-20)38-16-37-24)31(34)27(40-26)14-21-8-10-23(39-21)22-12-19(15-33)6-5-17(22)2/h5-15,29,34H,4,16H2,1-3H3. The summed E-state index contributed by atoms with van der Waals surface area (Å²) in [6.45, 7) is 5.82. The van der Waals surface area contributed by atoms with Crippen LogP contribution in [0.3, 0.4) is 0 Å². The number of aldehydes is 1. The molecular weight excluding hydrogens is 512 g/mol. The summed E-state index contributed by atoms with van der Waals surface area (Å²) in [5.74, 6) is 0.941. The Morgan fingerprint density at radius 3 is 2.67 bits per heavy atom. The lowest BCUT2D eigenvalue weighted by atomic mass is 9.80. The van der Waals surface area contributed by atoms with Crippen molar-refractivity contribution in [1.29, 1.82) is 0 Å². The average molecular weight is 539 g/mol. The Morgan fingerprint density at radius 1 is 1.05 bits per heavy atom. The van der Waals surface area contributed by atoms with Gasteiger partial charge in [0.1, 0.15) is 23.2 Å². The van der Waals surface area contributed by atoms with Gasteiger partial charge in [-0.15, -0.1) is 0 Å². The van der Waals surface area contributed by atoms with Crippen molar-refractivity contribution in [2.45, 2.75) is 26.7 Å². The third-order valence-corrected chi connectivity index (χ3v) is 7.11. The second-order valence-electron chi connectivity index (χ2n) is 9.64. The molecular formula is C32H26O8. The van der Waals surface area contributed by atoms with Crippen molar-refractivity contribution in [3.8, 4) is 28.6 Å². The van der Waals surface area contributed by atoms with Crippen LogP contribution in [-0.2, 0) is 9.53 Å². The predicted octanol–water partition coefficient (Wildman–Crippen LogP) is 4.73. The van der Waals surface area contributed by atoms with Crippen LogP contribution in [0.25, 0.3) is 23.5 Å². The quantitative estimate of drug-likeness (QED) is 0.277. The van der Waals surface area contributed by atoms with Gasteiger partial charge in [0, 0.05) is 23.1 Å². The predicted molar refractivity (Wildman–Crippen MR) is 146 cm³/mol. The van der Waals surface area contributed by atoms with E-state index in [-0.39, 0.29) is 24.6 Å². The third-order valence-electron chi connectivity index (χ3n) is 7.11. The molecule has 1 atom stereocenters. The highest BCUT2D eigenvalue weighted by atomic mass is 16.7. The van der Waals surface area contributed by atoms with Crippen LogP contribution < -0.4 is 20.3 Å². The van der Waals surface area contributed by atoms with Crippen molar-refractivity contribution in [1.82, 2.24) is 0 Å². The van der Waals surface area contributed by atoms with Gasteiger partial charge in [-0.1, -0.05) is 18.2 Å². The number of allylic oxidation sites excluding steroid dienone is 1. The first-order chi connectivity index (χ1) is 19.4. The molecule has 2 aliphatic rings. The topological polar surface area (TPSA) is 108 Å². The van der Waals surface area contributed by atoms with Gasteiger partial charge in [-0.05, 0) is 73.9 Å². The lowest BCUT2D eigenvalue weighted by Gasteiger charge is -2.23. The van der Waals surface area contributed by atoms with E-state index in [2.05, 4.69) is 0 Å². The maximum absolute atomic E-state index is 13.1. The first-order valence-electron chi connectivity index (χ1n) is 12.9. The van der Waals surface area contributed by atoms with Crippen LogP contribution in [-0.4, -0.2) is 30.8 Å². The fourth-order valence-electron chi connectivity index (χ4n) is 5.20. The molecule has 6 rings (SSSR count). The first kappa shape index (κ1) is 25.3. The van der Waals surface area contributed by atoms with Crippen molar-refractivity contribution in [2.24, 2.45) is 0 Å². The number of rotatable bonds is 6. The van der Waals surface area contributed by atoms with Crippen molar-refractivity contribution in [3.63, 3.8) is 0 Å². The summed E-state index contributed by atoms with van der Waals surface area (Å²) in [7, 11) is 0. The van der Waals surface area contributed by atoms with Gasteiger partial charge in [-0.2, -0.15) is 0 Å². The molecule has 8 nitrogen and oxygen atoms in total.